The number of alkyl halides is 5. The van der Waals surface area contributed by atoms with Crippen LogP contribution in [0.4, 0.5) is 22.0 Å². The first-order valence-electron chi connectivity index (χ1n) is 2.79. The molecule has 0 heterocycles. The van der Waals surface area contributed by atoms with Crippen LogP contribution in [0.3, 0.4) is 0 Å². The van der Waals surface area contributed by atoms with Gasteiger partial charge in [-0.3, -0.25) is 0 Å². The van der Waals surface area contributed by atoms with Crippen molar-refractivity contribution in [3.05, 3.63) is 0 Å². The molecule has 0 aromatic carbocycles. The number of rotatable bonds is 3. The number of halogens is 5. The van der Waals surface area contributed by atoms with E-state index >= 15 is 0 Å². The Balaban J connectivity index is 0. The normalized spacial score (nSPS) is 15.9. The van der Waals surface area contributed by atoms with Crippen molar-refractivity contribution < 1.29 is 86.3 Å². The Bertz CT molecular complexity index is 287. The van der Waals surface area contributed by atoms with Gasteiger partial charge in [-0.25, -0.2) is 12.8 Å². The van der Waals surface area contributed by atoms with Gasteiger partial charge in [0, 0.05) is 0 Å². The van der Waals surface area contributed by atoms with Gasteiger partial charge in [0.1, 0.15) is 0 Å². The molecule has 0 aromatic heterocycles. The minimum atomic E-state index is -6.58. The summed E-state index contributed by atoms with van der Waals surface area (Å²) in [6.07, 6.45) is -3.44. The zero-order chi connectivity index (χ0) is 11.1. The second kappa shape index (κ2) is 5.02. The minimum Gasteiger partial charge on any atom is -0.743 e. The van der Waals surface area contributed by atoms with Crippen molar-refractivity contribution in [2.75, 3.05) is 0 Å². The summed E-state index contributed by atoms with van der Waals surface area (Å²) >= 11 is 0. The van der Waals surface area contributed by atoms with E-state index in [1.807, 2.05) is 0 Å². The Labute approximate surface area is 119 Å². The van der Waals surface area contributed by atoms with Crippen molar-refractivity contribution in [2.45, 2.75) is 24.3 Å². The summed E-state index contributed by atoms with van der Waals surface area (Å²) in [6.45, 7) is 0.0269. The summed E-state index contributed by atoms with van der Waals surface area (Å²) in [6, 6.07) is 0. The van der Waals surface area contributed by atoms with E-state index in [9.17, 15) is 34.9 Å². The van der Waals surface area contributed by atoms with E-state index in [1.54, 1.807) is 0 Å². The standard InChI is InChI=1S/C4H5F5O3S.K/c1-2(5)3(6,7)4(8,9)13(10,11)12;/h2H,1H3,(H,10,11,12);/q;+1/p-1. The molecule has 0 radical (unpaired) electrons. The molecule has 1 unspecified atom stereocenters. The smallest absolute Gasteiger partial charge is 0.743 e. The van der Waals surface area contributed by atoms with Crippen molar-refractivity contribution in [3.8, 4) is 0 Å². The van der Waals surface area contributed by atoms with Crippen molar-refractivity contribution in [1.82, 2.24) is 0 Å². The maximum atomic E-state index is 12.1. The van der Waals surface area contributed by atoms with E-state index in [0.29, 0.717) is 0 Å². The third kappa shape index (κ3) is 3.09. The van der Waals surface area contributed by atoms with Crippen LogP contribution in [0, 0.1) is 0 Å². The van der Waals surface area contributed by atoms with Crippen LogP contribution in [0.15, 0.2) is 0 Å². The van der Waals surface area contributed by atoms with Crippen molar-refractivity contribution in [3.63, 3.8) is 0 Å². The Kier molecular flexibility index (Phi) is 6.30. The second-order valence-electron chi connectivity index (χ2n) is 2.21. The second-order valence-corrected chi connectivity index (χ2v) is 3.63. The topological polar surface area (TPSA) is 57.2 Å². The van der Waals surface area contributed by atoms with Crippen LogP contribution < -0.4 is 51.4 Å². The van der Waals surface area contributed by atoms with Gasteiger partial charge >= 0.3 is 62.6 Å². The quantitative estimate of drug-likeness (QED) is 0.341. The number of hydrogen-bond donors (Lipinski definition) is 0. The molecule has 0 aromatic rings. The molecule has 0 spiro atoms. The Hall–Kier alpha value is 1.20. The third-order valence-electron chi connectivity index (χ3n) is 1.20. The van der Waals surface area contributed by atoms with Crippen molar-refractivity contribution in [2.24, 2.45) is 0 Å². The Morgan fingerprint density at radius 2 is 1.50 bits per heavy atom. The van der Waals surface area contributed by atoms with Crippen LogP contribution >= 0.6 is 0 Å². The number of hydrogen-bond acceptors (Lipinski definition) is 3. The zero-order valence-electron chi connectivity index (χ0n) is 7.10. The molecule has 0 fully saturated rings. The molecule has 0 N–H and O–H groups in total. The summed E-state index contributed by atoms with van der Waals surface area (Å²) in [5.41, 5.74) is 0. The molecule has 0 saturated carbocycles. The molecule has 0 rings (SSSR count). The van der Waals surface area contributed by atoms with E-state index in [0.717, 1.165) is 0 Å². The van der Waals surface area contributed by atoms with Gasteiger partial charge in [-0.15, -0.1) is 0 Å². The average Bonchev–Trinajstić information content (AvgIpc) is 1.84. The van der Waals surface area contributed by atoms with Crippen molar-refractivity contribution >= 4 is 10.1 Å². The summed E-state index contributed by atoms with van der Waals surface area (Å²) < 4.78 is 89.2. The molecule has 0 aliphatic carbocycles. The molecular formula is C4H4F5KO3S. The van der Waals surface area contributed by atoms with E-state index in [1.165, 1.54) is 0 Å². The van der Waals surface area contributed by atoms with Crippen LogP contribution in [0.2, 0.25) is 0 Å². The first kappa shape index (κ1) is 17.6. The molecule has 14 heavy (non-hydrogen) atoms. The molecule has 80 valence electrons. The van der Waals surface area contributed by atoms with Gasteiger partial charge in [-0.05, 0) is 6.92 Å². The molecule has 3 nitrogen and oxygen atoms in total. The monoisotopic (exact) mass is 266 g/mol. The van der Waals surface area contributed by atoms with E-state index in [2.05, 4.69) is 0 Å². The van der Waals surface area contributed by atoms with Gasteiger partial charge in [0.25, 0.3) is 0 Å². The van der Waals surface area contributed by atoms with Crippen LogP contribution in [0.25, 0.3) is 0 Å². The minimum absolute atomic E-state index is 0. The molecule has 0 aliphatic rings. The summed E-state index contributed by atoms with van der Waals surface area (Å²) in [5.74, 6) is -5.52. The van der Waals surface area contributed by atoms with Crippen LogP contribution in [0.1, 0.15) is 6.92 Å². The van der Waals surface area contributed by atoms with Gasteiger partial charge in [-0.2, -0.15) is 17.6 Å². The van der Waals surface area contributed by atoms with Gasteiger partial charge in [0.15, 0.2) is 16.3 Å². The Morgan fingerprint density at radius 1 is 1.21 bits per heavy atom. The SMILES string of the molecule is CC(F)C(F)(F)C(F)(F)S(=O)(=O)[O-].[K+]. The van der Waals surface area contributed by atoms with Crippen LogP contribution in [-0.4, -0.2) is 30.3 Å². The largest absolute Gasteiger partial charge is 1.00 e. The fourth-order valence-electron chi connectivity index (χ4n) is 0.398. The van der Waals surface area contributed by atoms with Crippen molar-refractivity contribution in [1.29, 1.82) is 0 Å². The third-order valence-corrected chi connectivity index (χ3v) is 2.10. The summed E-state index contributed by atoms with van der Waals surface area (Å²) in [4.78, 5) is 0. The molecule has 0 bridgehead atoms. The van der Waals surface area contributed by atoms with Gasteiger partial charge < -0.3 is 4.55 Å². The fraction of sp³-hybridized carbons (Fsp3) is 1.00. The van der Waals surface area contributed by atoms with Gasteiger partial charge in [-0.1, -0.05) is 0 Å². The Morgan fingerprint density at radius 3 is 1.57 bits per heavy atom. The summed E-state index contributed by atoms with van der Waals surface area (Å²) in [7, 11) is -6.58. The molecule has 0 saturated heterocycles. The summed E-state index contributed by atoms with van der Waals surface area (Å²) in [5, 5.41) is -5.94. The predicted octanol–water partition coefficient (Wildman–Crippen LogP) is -1.88. The first-order chi connectivity index (χ1) is 5.44. The molecule has 0 amide bonds. The van der Waals surface area contributed by atoms with Crippen LogP contribution in [-0.2, 0) is 10.1 Å². The molecular weight excluding hydrogens is 262 g/mol. The van der Waals surface area contributed by atoms with Gasteiger partial charge in [0.05, 0.1) is 0 Å². The van der Waals surface area contributed by atoms with Gasteiger partial charge in [0.2, 0.25) is 0 Å². The van der Waals surface area contributed by atoms with E-state index in [4.69, 9.17) is 0 Å². The molecule has 0 aliphatic heterocycles. The first-order valence-corrected chi connectivity index (χ1v) is 4.20. The predicted molar refractivity (Wildman–Crippen MR) is 30.2 cm³/mol. The van der Waals surface area contributed by atoms with Crippen LogP contribution in [0.5, 0.6) is 0 Å². The van der Waals surface area contributed by atoms with E-state index < -0.39 is 27.5 Å². The molecule has 1 atom stereocenters. The maximum Gasteiger partial charge on any atom is 1.00 e. The maximum absolute atomic E-state index is 12.1. The van der Waals surface area contributed by atoms with E-state index in [-0.39, 0.29) is 58.3 Å². The molecule has 10 heteroatoms. The zero-order valence-corrected chi connectivity index (χ0v) is 11.0. The average molecular weight is 266 g/mol. The fourth-order valence-corrected chi connectivity index (χ4v) is 0.894.